The molecule has 0 saturated carbocycles. The quantitative estimate of drug-likeness (QED) is 0.673. The first kappa shape index (κ1) is 10.7. The molecule has 3 rings (SSSR count). The van der Waals surface area contributed by atoms with Gasteiger partial charge in [-0.15, -0.1) is 0 Å². The summed E-state index contributed by atoms with van der Waals surface area (Å²) in [5, 5.41) is 0. The Bertz CT molecular complexity index is 620. The highest BCUT2D eigenvalue weighted by Crippen LogP contribution is 2.22. The van der Waals surface area contributed by atoms with E-state index in [1.807, 2.05) is 48.8 Å². The van der Waals surface area contributed by atoms with E-state index in [0.29, 0.717) is 0 Å². The standard InChI is InChI=1S/C16H14N2/c17-15-7-3-13(4-8-15)14-5-9-16(10-6-14)18-11-1-2-12-18/h1-12H,17H2. The highest BCUT2D eigenvalue weighted by atomic mass is 14.9. The zero-order chi connectivity index (χ0) is 12.4. The summed E-state index contributed by atoms with van der Waals surface area (Å²) >= 11 is 0. The minimum absolute atomic E-state index is 0.794. The van der Waals surface area contributed by atoms with Crippen molar-refractivity contribution in [1.82, 2.24) is 4.57 Å². The minimum Gasteiger partial charge on any atom is -0.399 e. The molecule has 88 valence electrons. The molecule has 2 aromatic carbocycles. The van der Waals surface area contributed by atoms with Crippen molar-refractivity contribution in [2.75, 3.05) is 5.73 Å². The Morgan fingerprint density at radius 2 is 1.17 bits per heavy atom. The van der Waals surface area contributed by atoms with Crippen LogP contribution < -0.4 is 5.73 Å². The van der Waals surface area contributed by atoms with Gasteiger partial charge < -0.3 is 10.3 Å². The lowest BCUT2D eigenvalue weighted by atomic mass is 10.1. The number of rotatable bonds is 2. The SMILES string of the molecule is Nc1ccc(-c2ccc(-n3cccc3)cc2)cc1. The Morgan fingerprint density at radius 3 is 1.72 bits per heavy atom. The summed E-state index contributed by atoms with van der Waals surface area (Å²) in [6.07, 6.45) is 4.08. The molecule has 0 amide bonds. The van der Waals surface area contributed by atoms with E-state index in [0.717, 1.165) is 5.69 Å². The summed E-state index contributed by atoms with van der Waals surface area (Å²) in [4.78, 5) is 0. The van der Waals surface area contributed by atoms with Crippen molar-refractivity contribution in [2.45, 2.75) is 0 Å². The van der Waals surface area contributed by atoms with Gasteiger partial charge in [-0.3, -0.25) is 0 Å². The smallest absolute Gasteiger partial charge is 0.0449 e. The van der Waals surface area contributed by atoms with Gasteiger partial charge in [0, 0.05) is 23.8 Å². The third-order valence-corrected chi connectivity index (χ3v) is 3.01. The van der Waals surface area contributed by atoms with Crippen LogP contribution >= 0.6 is 0 Å². The van der Waals surface area contributed by atoms with Crippen molar-refractivity contribution in [2.24, 2.45) is 0 Å². The fraction of sp³-hybridized carbons (Fsp3) is 0. The van der Waals surface area contributed by atoms with Gasteiger partial charge in [-0.2, -0.15) is 0 Å². The summed E-state index contributed by atoms with van der Waals surface area (Å²) in [5.74, 6) is 0. The third-order valence-electron chi connectivity index (χ3n) is 3.01. The van der Waals surface area contributed by atoms with Crippen molar-refractivity contribution in [1.29, 1.82) is 0 Å². The second kappa shape index (κ2) is 4.41. The molecule has 0 aliphatic heterocycles. The summed E-state index contributed by atoms with van der Waals surface area (Å²) < 4.78 is 2.09. The molecular formula is C16H14N2. The molecule has 2 heteroatoms. The molecular weight excluding hydrogens is 220 g/mol. The maximum absolute atomic E-state index is 5.69. The van der Waals surface area contributed by atoms with Gasteiger partial charge in [-0.25, -0.2) is 0 Å². The Hall–Kier alpha value is -2.48. The number of nitrogens with zero attached hydrogens (tertiary/aromatic N) is 1. The summed E-state index contributed by atoms with van der Waals surface area (Å²) in [6.45, 7) is 0. The lowest BCUT2D eigenvalue weighted by molar-refractivity contribution is 1.08. The third kappa shape index (κ3) is 2.00. The molecule has 1 heterocycles. The van der Waals surface area contributed by atoms with Crippen LogP contribution in [0.4, 0.5) is 5.69 Å². The number of aromatic nitrogens is 1. The zero-order valence-corrected chi connectivity index (χ0v) is 9.95. The monoisotopic (exact) mass is 234 g/mol. The van der Waals surface area contributed by atoms with Crippen molar-refractivity contribution in [3.8, 4) is 16.8 Å². The molecule has 2 N–H and O–H groups in total. The lowest BCUT2D eigenvalue weighted by Crippen LogP contribution is -1.89. The van der Waals surface area contributed by atoms with Crippen LogP contribution in [0.3, 0.4) is 0 Å². The molecule has 3 aromatic rings. The summed E-state index contributed by atoms with van der Waals surface area (Å²) in [6, 6.07) is 20.5. The molecule has 18 heavy (non-hydrogen) atoms. The minimum atomic E-state index is 0.794. The largest absolute Gasteiger partial charge is 0.399 e. The molecule has 0 atom stereocenters. The maximum atomic E-state index is 5.69. The first-order chi connectivity index (χ1) is 8.83. The van der Waals surface area contributed by atoms with E-state index in [1.165, 1.54) is 16.8 Å². The maximum Gasteiger partial charge on any atom is 0.0449 e. The van der Waals surface area contributed by atoms with Crippen molar-refractivity contribution >= 4 is 5.69 Å². The van der Waals surface area contributed by atoms with Crippen LogP contribution in [0.1, 0.15) is 0 Å². The van der Waals surface area contributed by atoms with Gasteiger partial charge in [-0.05, 0) is 47.5 Å². The van der Waals surface area contributed by atoms with E-state index in [4.69, 9.17) is 5.73 Å². The van der Waals surface area contributed by atoms with Gasteiger partial charge in [0.1, 0.15) is 0 Å². The highest BCUT2D eigenvalue weighted by molar-refractivity contribution is 5.66. The van der Waals surface area contributed by atoms with Crippen LogP contribution in [0.2, 0.25) is 0 Å². The van der Waals surface area contributed by atoms with Gasteiger partial charge in [0.25, 0.3) is 0 Å². The topological polar surface area (TPSA) is 30.9 Å². The van der Waals surface area contributed by atoms with E-state index in [9.17, 15) is 0 Å². The molecule has 1 aromatic heterocycles. The number of hydrogen-bond acceptors (Lipinski definition) is 1. The predicted octanol–water partition coefficient (Wildman–Crippen LogP) is 3.73. The van der Waals surface area contributed by atoms with Gasteiger partial charge in [-0.1, -0.05) is 24.3 Å². The van der Waals surface area contributed by atoms with E-state index >= 15 is 0 Å². The number of anilines is 1. The van der Waals surface area contributed by atoms with Crippen LogP contribution in [-0.4, -0.2) is 4.57 Å². The first-order valence-electron chi connectivity index (χ1n) is 5.92. The van der Waals surface area contributed by atoms with Gasteiger partial charge >= 0.3 is 0 Å². The van der Waals surface area contributed by atoms with Crippen LogP contribution in [0.5, 0.6) is 0 Å². The predicted molar refractivity (Wildman–Crippen MR) is 75.6 cm³/mol. The Labute approximate surface area is 106 Å². The number of benzene rings is 2. The van der Waals surface area contributed by atoms with Crippen molar-refractivity contribution in [3.05, 3.63) is 73.1 Å². The second-order valence-electron chi connectivity index (χ2n) is 4.26. The van der Waals surface area contributed by atoms with Crippen LogP contribution in [0.25, 0.3) is 16.8 Å². The fourth-order valence-electron chi connectivity index (χ4n) is 2.01. The molecule has 0 aliphatic rings. The van der Waals surface area contributed by atoms with Crippen molar-refractivity contribution < 1.29 is 0 Å². The normalized spacial score (nSPS) is 10.4. The van der Waals surface area contributed by atoms with Gasteiger partial charge in [0.15, 0.2) is 0 Å². The Balaban J connectivity index is 1.94. The van der Waals surface area contributed by atoms with E-state index in [-0.39, 0.29) is 0 Å². The molecule has 2 nitrogen and oxygen atoms in total. The highest BCUT2D eigenvalue weighted by Gasteiger charge is 1.98. The van der Waals surface area contributed by atoms with Gasteiger partial charge in [0.05, 0.1) is 0 Å². The summed E-state index contributed by atoms with van der Waals surface area (Å²) in [7, 11) is 0. The number of nitrogens with two attached hydrogens (primary N) is 1. The van der Waals surface area contributed by atoms with Crippen LogP contribution in [-0.2, 0) is 0 Å². The zero-order valence-electron chi connectivity index (χ0n) is 9.95. The van der Waals surface area contributed by atoms with Gasteiger partial charge in [0.2, 0.25) is 0 Å². The molecule has 0 bridgehead atoms. The molecule has 0 fully saturated rings. The van der Waals surface area contributed by atoms with Crippen LogP contribution in [0, 0.1) is 0 Å². The number of hydrogen-bond donors (Lipinski definition) is 1. The van der Waals surface area contributed by atoms with E-state index in [2.05, 4.69) is 28.8 Å². The second-order valence-corrected chi connectivity index (χ2v) is 4.26. The Kier molecular flexibility index (Phi) is 2.61. The Morgan fingerprint density at radius 1 is 0.667 bits per heavy atom. The molecule has 0 aliphatic carbocycles. The first-order valence-corrected chi connectivity index (χ1v) is 5.92. The van der Waals surface area contributed by atoms with Crippen LogP contribution in [0.15, 0.2) is 73.1 Å². The molecule has 0 spiro atoms. The number of nitrogen functional groups attached to an aromatic ring is 1. The van der Waals surface area contributed by atoms with E-state index in [1.54, 1.807) is 0 Å². The average molecular weight is 234 g/mol. The molecule has 0 radical (unpaired) electrons. The van der Waals surface area contributed by atoms with Crippen molar-refractivity contribution in [3.63, 3.8) is 0 Å². The summed E-state index contributed by atoms with van der Waals surface area (Å²) in [5.41, 5.74) is 10.0. The molecule has 0 saturated heterocycles. The lowest BCUT2D eigenvalue weighted by Gasteiger charge is -2.06. The average Bonchev–Trinajstić information content (AvgIpc) is 2.94. The molecule has 0 unspecified atom stereocenters. The van der Waals surface area contributed by atoms with E-state index < -0.39 is 0 Å². The fourth-order valence-corrected chi connectivity index (χ4v) is 2.01.